The molecule has 1 N–H and O–H groups in total. The fourth-order valence-electron chi connectivity index (χ4n) is 3.36. The summed E-state index contributed by atoms with van der Waals surface area (Å²) in [6.07, 6.45) is -3.44. The van der Waals surface area contributed by atoms with Crippen LogP contribution < -0.4 is 9.62 Å². The minimum atomic E-state index is -4.79. The van der Waals surface area contributed by atoms with Crippen LogP contribution in [0.2, 0.25) is 15.1 Å². The zero-order chi connectivity index (χ0) is 29.0. The molecule has 0 spiro atoms. The zero-order valence-electron chi connectivity index (χ0n) is 20.9. The minimum Gasteiger partial charge on any atom is -0.352 e. The quantitative estimate of drug-likeness (QED) is 0.368. The van der Waals surface area contributed by atoms with Gasteiger partial charge in [-0.05, 0) is 56.2 Å². The maximum atomic E-state index is 13.6. The third-order valence-electron chi connectivity index (χ3n) is 5.75. The van der Waals surface area contributed by atoms with Crippen molar-refractivity contribution in [1.82, 2.24) is 10.2 Å². The molecule has 0 aromatic heterocycles. The molecule has 14 heteroatoms. The minimum absolute atomic E-state index is 0.200. The van der Waals surface area contributed by atoms with Crippen molar-refractivity contribution in [3.63, 3.8) is 0 Å². The summed E-state index contributed by atoms with van der Waals surface area (Å²) in [6.45, 7) is 3.94. The summed E-state index contributed by atoms with van der Waals surface area (Å²) >= 11 is 18.3. The van der Waals surface area contributed by atoms with Crippen LogP contribution in [-0.2, 0) is 32.3 Å². The second-order valence-electron chi connectivity index (χ2n) is 8.68. The highest BCUT2D eigenvalue weighted by molar-refractivity contribution is 7.92. The first-order valence-corrected chi connectivity index (χ1v) is 14.3. The first kappa shape index (κ1) is 32.0. The summed E-state index contributed by atoms with van der Waals surface area (Å²) in [5.74, 6) is -1.39. The molecule has 0 bridgehead atoms. The molecule has 0 radical (unpaired) electrons. The molecule has 0 heterocycles. The predicted molar refractivity (Wildman–Crippen MR) is 143 cm³/mol. The lowest BCUT2D eigenvalue weighted by Crippen LogP contribution is -2.52. The molecule has 0 saturated carbocycles. The van der Waals surface area contributed by atoms with E-state index in [0.717, 1.165) is 17.2 Å². The Hall–Kier alpha value is -2.21. The molecule has 0 aliphatic rings. The number of nitrogens with zero attached hydrogens (tertiary/aromatic N) is 2. The van der Waals surface area contributed by atoms with Gasteiger partial charge in [-0.25, -0.2) is 8.42 Å². The van der Waals surface area contributed by atoms with Gasteiger partial charge in [0.15, 0.2) is 0 Å². The average Bonchev–Trinajstić information content (AvgIpc) is 2.80. The van der Waals surface area contributed by atoms with E-state index >= 15 is 0 Å². The Kier molecular flexibility index (Phi) is 10.7. The molecule has 210 valence electrons. The van der Waals surface area contributed by atoms with Crippen LogP contribution >= 0.6 is 34.8 Å². The van der Waals surface area contributed by atoms with E-state index in [-0.39, 0.29) is 22.6 Å². The third kappa shape index (κ3) is 8.39. The number of alkyl halides is 3. The van der Waals surface area contributed by atoms with Crippen molar-refractivity contribution in [2.24, 2.45) is 0 Å². The van der Waals surface area contributed by atoms with E-state index in [0.29, 0.717) is 33.4 Å². The number of sulfonamides is 1. The van der Waals surface area contributed by atoms with Gasteiger partial charge in [-0.1, -0.05) is 47.8 Å². The average molecular weight is 617 g/mol. The van der Waals surface area contributed by atoms with E-state index in [1.165, 1.54) is 19.1 Å². The summed E-state index contributed by atoms with van der Waals surface area (Å²) < 4.78 is 65.8. The molecule has 2 amide bonds. The van der Waals surface area contributed by atoms with Crippen LogP contribution in [0.5, 0.6) is 0 Å². The van der Waals surface area contributed by atoms with Gasteiger partial charge in [0, 0.05) is 22.6 Å². The maximum absolute atomic E-state index is 13.6. The Morgan fingerprint density at radius 2 is 1.66 bits per heavy atom. The Labute approximate surface area is 234 Å². The Balaban J connectivity index is 2.53. The molecule has 2 aromatic rings. The van der Waals surface area contributed by atoms with E-state index in [1.807, 2.05) is 6.92 Å². The van der Waals surface area contributed by atoms with E-state index in [9.17, 15) is 31.2 Å². The molecule has 0 saturated heterocycles. The zero-order valence-corrected chi connectivity index (χ0v) is 24.0. The molecule has 38 heavy (non-hydrogen) atoms. The molecular formula is C24H27Cl3F3N3O4S. The third-order valence-corrected chi connectivity index (χ3v) is 7.78. The molecular weight excluding hydrogens is 590 g/mol. The van der Waals surface area contributed by atoms with Gasteiger partial charge >= 0.3 is 6.18 Å². The van der Waals surface area contributed by atoms with E-state index in [2.05, 4.69) is 5.32 Å². The first-order chi connectivity index (χ1) is 17.4. The SMILES string of the molecule is CC[C@@H](C)NC(=O)[C@@H](C)N(Cc1ccc(Cl)cc1Cl)C(=O)CN(c1cc(C(F)(F)F)ccc1Cl)S(C)(=O)=O. The van der Waals surface area contributed by atoms with Crippen LogP contribution in [0.4, 0.5) is 18.9 Å². The molecule has 7 nitrogen and oxygen atoms in total. The number of benzene rings is 2. The Morgan fingerprint density at radius 1 is 1.03 bits per heavy atom. The monoisotopic (exact) mass is 615 g/mol. The Morgan fingerprint density at radius 3 is 2.18 bits per heavy atom. The second-order valence-corrected chi connectivity index (χ2v) is 11.8. The molecule has 0 aliphatic heterocycles. The highest BCUT2D eigenvalue weighted by Gasteiger charge is 2.35. The van der Waals surface area contributed by atoms with Gasteiger partial charge in [0.05, 0.1) is 22.5 Å². The van der Waals surface area contributed by atoms with Crippen LogP contribution in [-0.4, -0.2) is 50.0 Å². The van der Waals surface area contributed by atoms with Crippen LogP contribution in [0.25, 0.3) is 0 Å². The van der Waals surface area contributed by atoms with Crippen LogP contribution in [0, 0.1) is 0 Å². The van der Waals surface area contributed by atoms with Gasteiger partial charge in [0.2, 0.25) is 21.8 Å². The van der Waals surface area contributed by atoms with Gasteiger partial charge < -0.3 is 10.2 Å². The predicted octanol–water partition coefficient (Wildman–Crippen LogP) is 5.76. The topological polar surface area (TPSA) is 86.8 Å². The van der Waals surface area contributed by atoms with Crippen molar-refractivity contribution in [3.05, 3.63) is 62.6 Å². The summed E-state index contributed by atoms with van der Waals surface area (Å²) in [6, 6.07) is 5.36. The van der Waals surface area contributed by atoms with Crippen molar-refractivity contribution in [3.8, 4) is 0 Å². The summed E-state index contributed by atoms with van der Waals surface area (Å²) in [5.41, 5.74) is -1.27. The van der Waals surface area contributed by atoms with Crippen molar-refractivity contribution in [2.45, 2.75) is 52.0 Å². The van der Waals surface area contributed by atoms with E-state index in [4.69, 9.17) is 34.8 Å². The lowest BCUT2D eigenvalue weighted by atomic mass is 10.1. The highest BCUT2D eigenvalue weighted by atomic mass is 35.5. The lowest BCUT2D eigenvalue weighted by Gasteiger charge is -2.32. The lowest BCUT2D eigenvalue weighted by molar-refractivity contribution is -0.139. The fraction of sp³-hybridized carbons (Fsp3) is 0.417. The Bertz CT molecular complexity index is 1290. The molecule has 0 unspecified atom stereocenters. The number of hydrogen-bond acceptors (Lipinski definition) is 4. The van der Waals surface area contributed by atoms with Gasteiger partial charge in [-0.2, -0.15) is 13.2 Å². The van der Waals surface area contributed by atoms with Crippen molar-refractivity contribution < 1.29 is 31.2 Å². The van der Waals surface area contributed by atoms with Gasteiger partial charge in [0.1, 0.15) is 12.6 Å². The number of anilines is 1. The molecule has 2 atom stereocenters. The largest absolute Gasteiger partial charge is 0.416 e. The number of rotatable bonds is 10. The number of nitrogens with one attached hydrogen (secondary N) is 1. The smallest absolute Gasteiger partial charge is 0.352 e. The van der Waals surface area contributed by atoms with E-state index < -0.39 is 51.9 Å². The van der Waals surface area contributed by atoms with Crippen LogP contribution in [0.1, 0.15) is 38.3 Å². The van der Waals surface area contributed by atoms with Gasteiger partial charge in [-0.3, -0.25) is 13.9 Å². The summed E-state index contributed by atoms with van der Waals surface area (Å²) in [5, 5.41) is 2.98. The summed E-state index contributed by atoms with van der Waals surface area (Å²) in [7, 11) is -4.30. The second kappa shape index (κ2) is 12.8. The molecule has 0 aliphatic carbocycles. The highest BCUT2D eigenvalue weighted by Crippen LogP contribution is 2.36. The summed E-state index contributed by atoms with van der Waals surface area (Å²) in [4.78, 5) is 27.6. The van der Waals surface area contributed by atoms with Crippen molar-refractivity contribution in [1.29, 1.82) is 0 Å². The molecule has 0 fully saturated rings. The van der Waals surface area contributed by atoms with Crippen LogP contribution in [0.3, 0.4) is 0 Å². The van der Waals surface area contributed by atoms with Crippen molar-refractivity contribution >= 4 is 62.3 Å². The number of hydrogen-bond donors (Lipinski definition) is 1. The molecule has 2 rings (SSSR count). The standard InChI is InChI=1S/C24H27Cl3F3N3O4S/c1-5-14(2)31-23(35)15(3)32(12-16-6-8-18(25)11-20(16)27)22(34)13-33(38(4,36)37)21-10-17(24(28,29)30)7-9-19(21)26/h6-11,14-15H,5,12-13H2,1-4H3,(H,31,35)/t14-,15-/m1/s1. The maximum Gasteiger partial charge on any atom is 0.416 e. The number of halogens is 6. The number of carbonyl (C=O) groups is 2. The van der Waals surface area contributed by atoms with Crippen molar-refractivity contribution in [2.75, 3.05) is 17.1 Å². The molecule has 2 aromatic carbocycles. The number of amides is 2. The number of carbonyl (C=O) groups excluding carboxylic acids is 2. The normalized spacial score (nSPS) is 13.5. The first-order valence-electron chi connectivity index (χ1n) is 11.3. The van der Waals surface area contributed by atoms with Gasteiger partial charge in [-0.15, -0.1) is 0 Å². The fourth-order valence-corrected chi connectivity index (χ4v) is 4.95. The van der Waals surface area contributed by atoms with Crippen LogP contribution in [0.15, 0.2) is 36.4 Å². The van der Waals surface area contributed by atoms with Gasteiger partial charge in [0.25, 0.3) is 0 Å². The van der Waals surface area contributed by atoms with E-state index in [1.54, 1.807) is 13.0 Å².